The summed E-state index contributed by atoms with van der Waals surface area (Å²) in [6.45, 7) is 0. The molecular weight excluding hydrogens is 286 g/mol. The van der Waals surface area contributed by atoms with Crippen LogP contribution in [0, 0.1) is 11.5 Å². The summed E-state index contributed by atoms with van der Waals surface area (Å²) in [5.41, 5.74) is 1.21. The van der Waals surface area contributed by atoms with Gasteiger partial charge in [-0.2, -0.15) is 5.26 Å². The smallest absolute Gasteiger partial charge is 0.338 e. The monoisotopic (exact) mass is 303 g/mol. The first-order valence-electron chi connectivity index (χ1n) is 6.82. The van der Waals surface area contributed by atoms with Crippen molar-refractivity contribution in [2.75, 3.05) is 6.26 Å². The molecule has 21 heavy (non-hydrogen) atoms. The molecular formula is C15H17N3O2S. The number of rotatable bonds is 3. The van der Waals surface area contributed by atoms with Crippen molar-refractivity contribution in [3.63, 3.8) is 0 Å². The van der Waals surface area contributed by atoms with Crippen molar-refractivity contribution >= 4 is 28.6 Å². The van der Waals surface area contributed by atoms with Gasteiger partial charge in [0, 0.05) is 0 Å². The summed E-state index contributed by atoms with van der Waals surface area (Å²) < 4.78 is 5.44. The predicted molar refractivity (Wildman–Crippen MR) is 83.5 cm³/mol. The van der Waals surface area contributed by atoms with E-state index in [0.29, 0.717) is 16.4 Å². The van der Waals surface area contributed by atoms with Crippen LogP contribution in [0.1, 0.15) is 36.0 Å². The van der Waals surface area contributed by atoms with E-state index in [9.17, 15) is 4.79 Å². The normalized spacial score (nSPS) is 15.5. The van der Waals surface area contributed by atoms with Crippen molar-refractivity contribution in [2.45, 2.75) is 31.8 Å². The molecule has 2 rings (SSSR count). The van der Waals surface area contributed by atoms with Crippen LogP contribution in [0.25, 0.3) is 0 Å². The van der Waals surface area contributed by atoms with Crippen LogP contribution in [-0.2, 0) is 4.74 Å². The van der Waals surface area contributed by atoms with E-state index < -0.39 is 0 Å². The first-order chi connectivity index (χ1) is 10.2. The van der Waals surface area contributed by atoms with E-state index in [2.05, 4.69) is 10.3 Å². The van der Waals surface area contributed by atoms with Crippen LogP contribution in [0.3, 0.4) is 0 Å². The molecule has 0 bridgehead atoms. The van der Waals surface area contributed by atoms with Gasteiger partial charge in [0.2, 0.25) is 0 Å². The van der Waals surface area contributed by atoms with Crippen molar-refractivity contribution in [1.29, 1.82) is 5.26 Å². The topological polar surface area (TPSA) is 74.5 Å². The van der Waals surface area contributed by atoms with Gasteiger partial charge in [-0.25, -0.2) is 9.79 Å². The molecule has 1 aliphatic carbocycles. The van der Waals surface area contributed by atoms with Gasteiger partial charge in [-0.3, -0.25) is 5.32 Å². The second-order valence-corrected chi connectivity index (χ2v) is 5.51. The molecule has 0 aromatic heterocycles. The number of carbonyl (C=O) groups is 1. The fourth-order valence-electron chi connectivity index (χ4n) is 2.19. The molecule has 110 valence electrons. The highest BCUT2D eigenvalue weighted by Crippen LogP contribution is 2.22. The maximum atomic E-state index is 12.0. The molecule has 1 N–H and O–H groups in total. The summed E-state index contributed by atoms with van der Waals surface area (Å²) in [6.07, 6.45) is 7.93. The Morgan fingerprint density at radius 2 is 2.05 bits per heavy atom. The zero-order valence-corrected chi connectivity index (χ0v) is 12.7. The molecule has 5 nitrogen and oxygen atoms in total. The Hall–Kier alpha value is -2.00. The van der Waals surface area contributed by atoms with Crippen LogP contribution in [0.2, 0.25) is 0 Å². The fraction of sp³-hybridized carbons (Fsp3) is 0.400. The first kappa shape index (κ1) is 15.4. The SMILES string of the molecule is CSC(=Nc1ccc(C(=O)OC2CCCC2)cc1)NC#N. The van der Waals surface area contributed by atoms with Crippen molar-refractivity contribution < 1.29 is 9.53 Å². The summed E-state index contributed by atoms with van der Waals surface area (Å²) in [5, 5.41) is 11.6. The lowest BCUT2D eigenvalue weighted by Crippen LogP contribution is -2.14. The Morgan fingerprint density at radius 1 is 1.38 bits per heavy atom. The Kier molecular flexibility index (Phi) is 5.64. The number of benzene rings is 1. The van der Waals surface area contributed by atoms with E-state index in [-0.39, 0.29) is 12.1 Å². The molecule has 1 aromatic rings. The molecule has 1 saturated carbocycles. The van der Waals surface area contributed by atoms with Crippen LogP contribution in [0.15, 0.2) is 29.3 Å². The molecule has 0 unspecified atom stereocenters. The molecule has 0 saturated heterocycles. The van der Waals surface area contributed by atoms with Gasteiger partial charge in [-0.1, -0.05) is 11.8 Å². The van der Waals surface area contributed by atoms with Crippen molar-refractivity contribution in [3.8, 4) is 6.19 Å². The van der Waals surface area contributed by atoms with Gasteiger partial charge in [-0.15, -0.1) is 0 Å². The van der Waals surface area contributed by atoms with Crippen molar-refractivity contribution in [2.24, 2.45) is 4.99 Å². The Bertz CT molecular complexity index is 557. The van der Waals surface area contributed by atoms with E-state index in [1.807, 2.05) is 12.4 Å². The standard InChI is InChI=1S/C15H17N3O2S/c1-21-15(17-10-16)18-12-8-6-11(7-9-12)14(19)20-13-4-2-3-5-13/h6-9,13H,2-5H2,1H3,(H,17,18). The van der Waals surface area contributed by atoms with Gasteiger partial charge in [0.25, 0.3) is 0 Å². The fourth-order valence-corrected chi connectivity index (χ4v) is 2.53. The quantitative estimate of drug-likeness (QED) is 0.305. The average Bonchev–Trinajstić information content (AvgIpc) is 3.00. The van der Waals surface area contributed by atoms with E-state index in [4.69, 9.17) is 10.00 Å². The number of nitrogens with zero attached hydrogens (tertiary/aromatic N) is 2. The summed E-state index contributed by atoms with van der Waals surface area (Å²) in [4.78, 5) is 16.2. The van der Waals surface area contributed by atoms with Crippen LogP contribution >= 0.6 is 11.8 Å². The van der Waals surface area contributed by atoms with Crippen LogP contribution in [0.4, 0.5) is 5.69 Å². The number of nitriles is 1. The maximum Gasteiger partial charge on any atom is 0.338 e. The third-order valence-corrected chi connectivity index (χ3v) is 3.85. The number of hydrogen-bond acceptors (Lipinski definition) is 5. The molecule has 0 amide bonds. The van der Waals surface area contributed by atoms with Crippen LogP contribution in [0.5, 0.6) is 0 Å². The number of hydrogen-bond donors (Lipinski definition) is 1. The van der Waals surface area contributed by atoms with Gasteiger partial charge in [0.1, 0.15) is 6.10 Å². The van der Waals surface area contributed by atoms with Gasteiger partial charge in [0.15, 0.2) is 11.4 Å². The molecule has 0 spiro atoms. The minimum Gasteiger partial charge on any atom is -0.459 e. The zero-order chi connectivity index (χ0) is 15.1. The van der Waals surface area contributed by atoms with Crippen LogP contribution < -0.4 is 5.32 Å². The number of carbonyl (C=O) groups excluding carboxylic acids is 1. The zero-order valence-electron chi connectivity index (χ0n) is 11.8. The minimum atomic E-state index is -0.280. The Morgan fingerprint density at radius 3 is 2.62 bits per heavy atom. The summed E-state index contributed by atoms with van der Waals surface area (Å²) in [5.74, 6) is -0.280. The largest absolute Gasteiger partial charge is 0.459 e. The third kappa shape index (κ3) is 4.50. The lowest BCUT2D eigenvalue weighted by Gasteiger charge is -2.11. The number of nitrogens with one attached hydrogen (secondary N) is 1. The number of aliphatic imine (C=N–C) groups is 1. The summed E-state index contributed by atoms with van der Waals surface area (Å²) >= 11 is 1.35. The number of ether oxygens (including phenoxy) is 1. The van der Waals surface area contributed by atoms with E-state index in [1.54, 1.807) is 24.3 Å². The Balaban J connectivity index is 2.01. The molecule has 6 heteroatoms. The van der Waals surface area contributed by atoms with E-state index in [0.717, 1.165) is 25.7 Å². The number of amidine groups is 1. The molecule has 0 aliphatic heterocycles. The third-order valence-electron chi connectivity index (χ3n) is 3.27. The average molecular weight is 303 g/mol. The second kappa shape index (κ2) is 7.70. The minimum absolute atomic E-state index is 0.0677. The van der Waals surface area contributed by atoms with E-state index in [1.165, 1.54) is 11.8 Å². The van der Waals surface area contributed by atoms with Gasteiger partial charge in [-0.05, 0) is 56.2 Å². The van der Waals surface area contributed by atoms with Gasteiger partial charge >= 0.3 is 5.97 Å². The van der Waals surface area contributed by atoms with Gasteiger partial charge < -0.3 is 4.74 Å². The lowest BCUT2D eigenvalue weighted by molar-refractivity contribution is 0.0318. The lowest BCUT2D eigenvalue weighted by atomic mass is 10.2. The molecule has 0 heterocycles. The molecule has 1 aromatic carbocycles. The molecule has 1 fully saturated rings. The highest BCUT2D eigenvalue weighted by molar-refractivity contribution is 8.13. The number of thioether (sulfide) groups is 1. The molecule has 1 aliphatic rings. The highest BCUT2D eigenvalue weighted by Gasteiger charge is 2.19. The first-order valence-corrected chi connectivity index (χ1v) is 8.04. The Labute approximate surface area is 128 Å². The number of esters is 1. The summed E-state index contributed by atoms with van der Waals surface area (Å²) in [7, 11) is 0. The van der Waals surface area contributed by atoms with Gasteiger partial charge in [0.05, 0.1) is 11.3 Å². The highest BCUT2D eigenvalue weighted by atomic mass is 32.2. The predicted octanol–water partition coefficient (Wildman–Crippen LogP) is 3.21. The summed E-state index contributed by atoms with van der Waals surface area (Å²) in [6, 6.07) is 6.86. The van der Waals surface area contributed by atoms with Crippen molar-refractivity contribution in [3.05, 3.63) is 29.8 Å². The second-order valence-electron chi connectivity index (χ2n) is 4.72. The van der Waals surface area contributed by atoms with Crippen LogP contribution in [-0.4, -0.2) is 23.5 Å². The maximum absolute atomic E-state index is 12.0. The molecule has 0 radical (unpaired) electrons. The van der Waals surface area contributed by atoms with E-state index >= 15 is 0 Å². The molecule has 0 atom stereocenters. The van der Waals surface area contributed by atoms with Crippen molar-refractivity contribution in [1.82, 2.24) is 5.32 Å².